The topological polar surface area (TPSA) is 4.93 Å². The SMILES string of the molecule is Clc1ccc2c3ccccc3n3c2c1-3. The van der Waals surface area contributed by atoms with Gasteiger partial charge in [-0.2, -0.15) is 0 Å². The van der Waals surface area contributed by atoms with Crippen LogP contribution in [0.5, 0.6) is 0 Å². The number of nitrogens with zero attached hydrogens (tertiary/aromatic N) is 1. The molecule has 0 bridgehead atoms. The number of para-hydroxylation sites is 1. The van der Waals surface area contributed by atoms with E-state index in [1.54, 1.807) is 0 Å². The van der Waals surface area contributed by atoms with Crippen LogP contribution in [0.2, 0.25) is 5.02 Å². The summed E-state index contributed by atoms with van der Waals surface area (Å²) >= 11 is 6.09. The summed E-state index contributed by atoms with van der Waals surface area (Å²) in [6, 6.07) is 12.5. The molecular formula is C12H6ClN. The predicted molar refractivity (Wildman–Crippen MR) is 59.3 cm³/mol. The van der Waals surface area contributed by atoms with E-state index in [9.17, 15) is 0 Å². The Morgan fingerprint density at radius 3 is 2.71 bits per heavy atom. The molecule has 0 atom stereocenters. The molecule has 1 aromatic heterocycles. The third-order valence-electron chi connectivity index (χ3n) is 2.93. The molecule has 2 heterocycles. The van der Waals surface area contributed by atoms with Crippen LogP contribution in [0.3, 0.4) is 0 Å². The van der Waals surface area contributed by atoms with E-state index in [1.165, 1.54) is 27.5 Å². The van der Waals surface area contributed by atoms with Crippen molar-refractivity contribution in [2.45, 2.75) is 0 Å². The Balaban J connectivity index is 2.38. The highest BCUT2D eigenvalue weighted by Gasteiger charge is 2.28. The Hall–Kier alpha value is -1.47. The van der Waals surface area contributed by atoms with E-state index in [1.807, 2.05) is 6.07 Å². The van der Waals surface area contributed by atoms with Crippen molar-refractivity contribution in [1.29, 1.82) is 0 Å². The lowest BCUT2D eigenvalue weighted by molar-refractivity contribution is 1.37. The lowest BCUT2D eigenvalue weighted by atomic mass is 10.1. The minimum Gasteiger partial charge on any atom is -0.304 e. The van der Waals surface area contributed by atoms with Gasteiger partial charge in [0.25, 0.3) is 0 Å². The first kappa shape index (κ1) is 6.91. The van der Waals surface area contributed by atoms with Gasteiger partial charge in [0.15, 0.2) is 0 Å². The largest absolute Gasteiger partial charge is 0.304 e. The van der Waals surface area contributed by atoms with Gasteiger partial charge in [0.05, 0.1) is 21.7 Å². The summed E-state index contributed by atoms with van der Waals surface area (Å²) in [6.07, 6.45) is 0. The van der Waals surface area contributed by atoms with Gasteiger partial charge in [0, 0.05) is 10.8 Å². The molecule has 0 amide bonds. The summed E-state index contributed by atoms with van der Waals surface area (Å²) in [7, 11) is 0. The summed E-state index contributed by atoms with van der Waals surface area (Å²) in [6.45, 7) is 0. The molecule has 0 spiro atoms. The van der Waals surface area contributed by atoms with Crippen LogP contribution in [0.4, 0.5) is 0 Å². The number of fused-ring (bicyclic) bond motifs is 4. The summed E-state index contributed by atoms with van der Waals surface area (Å²) < 4.78 is 2.23. The normalized spacial score (nSPS) is 12.6. The number of hydrogen-bond donors (Lipinski definition) is 0. The third-order valence-corrected chi connectivity index (χ3v) is 3.24. The van der Waals surface area contributed by atoms with Crippen LogP contribution >= 0.6 is 11.6 Å². The average molecular weight is 200 g/mol. The first-order chi connectivity index (χ1) is 6.88. The monoisotopic (exact) mass is 199 g/mol. The summed E-state index contributed by atoms with van der Waals surface area (Å²) in [5.41, 5.74) is 3.77. The number of rotatable bonds is 0. The van der Waals surface area contributed by atoms with Crippen molar-refractivity contribution in [3.8, 4) is 5.69 Å². The average Bonchev–Trinajstić information content (AvgIpc) is 2.87. The van der Waals surface area contributed by atoms with Gasteiger partial charge in [-0.1, -0.05) is 35.9 Å². The van der Waals surface area contributed by atoms with Crippen LogP contribution in [-0.4, -0.2) is 4.57 Å². The van der Waals surface area contributed by atoms with Crippen LogP contribution in [0, 0.1) is 0 Å². The van der Waals surface area contributed by atoms with Crippen molar-refractivity contribution in [2.24, 2.45) is 0 Å². The molecule has 0 saturated carbocycles. The van der Waals surface area contributed by atoms with Crippen LogP contribution in [0.25, 0.3) is 27.5 Å². The van der Waals surface area contributed by atoms with Gasteiger partial charge in [-0.05, 0) is 12.1 Å². The molecule has 0 radical (unpaired) electrons. The number of pyridine rings is 1. The van der Waals surface area contributed by atoms with Gasteiger partial charge in [0.1, 0.15) is 0 Å². The van der Waals surface area contributed by atoms with E-state index in [4.69, 9.17) is 11.6 Å². The van der Waals surface area contributed by atoms with Gasteiger partial charge in [-0.15, -0.1) is 0 Å². The van der Waals surface area contributed by atoms with Crippen LogP contribution in [-0.2, 0) is 0 Å². The minimum atomic E-state index is 0.859. The Labute approximate surface area is 85.5 Å². The maximum atomic E-state index is 6.09. The van der Waals surface area contributed by atoms with E-state index >= 15 is 0 Å². The van der Waals surface area contributed by atoms with E-state index < -0.39 is 0 Å². The summed E-state index contributed by atoms with van der Waals surface area (Å²) in [5, 5.41) is 3.50. The van der Waals surface area contributed by atoms with Crippen molar-refractivity contribution in [2.75, 3.05) is 0 Å². The molecule has 0 unspecified atom stereocenters. The van der Waals surface area contributed by atoms with Crippen LogP contribution < -0.4 is 0 Å². The molecule has 1 nitrogen and oxygen atoms in total. The third kappa shape index (κ3) is 0.582. The van der Waals surface area contributed by atoms with Crippen LogP contribution in [0.1, 0.15) is 0 Å². The quantitative estimate of drug-likeness (QED) is 0.407. The zero-order valence-electron chi connectivity index (χ0n) is 7.29. The Kier molecular flexibility index (Phi) is 0.968. The van der Waals surface area contributed by atoms with Crippen molar-refractivity contribution < 1.29 is 0 Å². The van der Waals surface area contributed by atoms with Gasteiger partial charge in [-0.3, -0.25) is 0 Å². The van der Waals surface area contributed by atoms with Gasteiger partial charge in [-0.25, -0.2) is 0 Å². The molecule has 2 aromatic carbocycles. The number of benzene rings is 2. The fourth-order valence-corrected chi connectivity index (χ4v) is 2.54. The smallest absolute Gasteiger partial charge is 0.0898 e. The Morgan fingerprint density at radius 1 is 0.929 bits per heavy atom. The zero-order chi connectivity index (χ0) is 9.28. The Morgan fingerprint density at radius 2 is 1.79 bits per heavy atom. The van der Waals surface area contributed by atoms with Crippen molar-refractivity contribution in [1.82, 2.24) is 4.57 Å². The molecule has 0 aliphatic carbocycles. The first-order valence-electron chi connectivity index (χ1n) is 4.60. The second-order valence-electron chi connectivity index (χ2n) is 3.64. The highest BCUT2D eigenvalue weighted by atomic mass is 35.5. The molecule has 4 rings (SSSR count). The van der Waals surface area contributed by atoms with E-state index in [0.717, 1.165) is 5.02 Å². The lowest BCUT2D eigenvalue weighted by Crippen LogP contribution is -1.76. The number of aromatic nitrogens is 1. The summed E-state index contributed by atoms with van der Waals surface area (Å²) in [5.74, 6) is 0. The predicted octanol–water partition coefficient (Wildman–Crippen LogP) is 3.75. The van der Waals surface area contributed by atoms with Gasteiger partial charge < -0.3 is 4.57 Å². The standard InChI is InChI=1S/C12H6ClN/c13-9-6-5-8-7-3-1-2-4-10(7)14-11(8)12(9)14/h1-6H. The highest BCUT2D eigenvalue weighted by molar-refractivity contribution is 6.37. The van der Waals surface area contributed by atoms with E-state index in [0.29, 0.717) is 0 Å². The van der Waals surface area contributed by atoms with E-state index in [2.05, 4.69) is 34.9 Å². The zero-order valence-corrected chi connectivity index (χ0v) is 8.05. The van der Waals surface area contributed by atoms with E-state index in [-0.39, 0.29) is 0 Å². The van der Waals surface area contributed by atoms with Gasteiger partial charge >= 0.3 is 0 Å². The first-order valence-corrected chi connectivity index (χ1v) is 4.98. The number of halogens is 1. The van der Waals surface area contributed by atoms with Crippen molar-refractivity contribution >= 4 is 33.4 Å². The van der Waals surface area contributed by atoms with Crippen molar-refractivity contribution in [3.05, 3.63) is 41.4 Å². The second-order valence-corrected chi connectivity index (χ2v) is 4.05. The molecule has 14 heavy (non-hydrogen) atoms. The molecule has 0 saturated heterocycles. The molecule has 66 valence electrons. The molecule has 0 fully saturated rings. The lowest BCUT2D eigenvalue weighted by Gasteiger charge is -1.96. The molecule has 1 aliphatic heterocycles. The number of hydrogen-bond acceptors (Lipinski definition) is 0. The van der Waals surface area contributed by atoms with Gasteiger partial charge in [0.2, 0.25) is 0 Å². The fourth-order valence-electron chi connectivity index (χ4n) is 2.30. The molecule has 2 heteroatoms. The Bertz CT molecular complexity index is 694. The minimum absolute atomic E-state index is 0.859. The fraction of sp³-hybridized carbons (Fsp3) is 0. The van der Waals surface area contributed by atoms with Crippen LogP contribution in [0.15, 0.2) is 36.4 Å². The summed E-state index contributed by atoms with van der Waals surface area (Å²) in [4.78, 5) is 0. The molecule has 1 aliphatic rings. The molecular weight excluding hydrogens is 194 g/mol. The molecule has 0 N–H and O–H groups in total. The second kappa shape index (κ2) is 1.96. The highest BCUT2D eigenvalue weighted by Crippen LogP contribution is 2.47. The molecule has 3 aromatic rings. The van der Waals surface area contributed by atoms with Crippen molar-refractivity contribution in [3.63, 3.8) is 0 Å². The maximum Gasteiger partial charge on any atom is 0.0898 e. The maximum absolute atomic E-state index is 6.09.